The van der Waals surface area contributed by atoms with E-state index in [0.29, 0.717) is 6.54 Å². The van der Waals surface area contributed by atoms with E-state index in [9.17, 15) is 4.79 Å². The number of rotatable bonds is 5. The van der Waals surface area contributed by atoms with Gasteiger partial charge in [0.05, 0.1) is 12.0 Å². The molecule has 0 aromatic carbocycles. The number of carbonyl (C=O) groups excluding carboxylic acids is 1. The molecule has 0 aliphatic carbocycles. The highest BCUT2D eigenvalue weighted by atomic mass is 16.3. The molecule has 0 fully saturated rings. The summed E-state index contributed by atoms with van der Waals surface area (Å²) in [6.45, 7) is 7.32. The standard InChI is InChI=1S/C10H21NO3/c1-9(2,6-12)5-11-8(14)10(3,4)7-13/h12-13H,5-7H2,1-4H3,(H,11,14). The minimum atomic E-state index is -0.758. The van der Waals surface area contributed by atoms with Crippen LogP contribution in [-0.4, -0.2) is 35.9 Å². The Morgan fingerprint density at radius 1 is 1.14 bits per heavy atom. The van der Waals surface area contributed by atoms with Gasteiger partial charge in [-0.25, -0.2) is 0 Å². The van der Waals surface area contributed by atoms with E-state index in [1.165, 1.54) is 0 Å². The summed E-state index contributed by atoms with van der Waals surface area (Å²) < 4.78 is 0. The number of hydrogen-bond donors (Lipinski definition) is 3. The van der Waals surface area contributed by atoms with Gasteiger partial charge in [-0.3, -0.25) is 4.79 Å². The monoisotopic (exact) mass is 203 g/mol. The summed E-state index contributed by atoms with van der Waals surface area (Å²) in [4.78, 5) is 11.5. The molecule has 0 aromatic rings. The average molecular weight is 203 g/mol. The number of hydrogen-bond acceptors (Lipinski definition) is 3. The topological polar surface area (TPSA) is 69.6 Å². The van der Waals surface area contributed by atoms with Gasteiger partial charge in [-0.05, 0) is 13.8 Å². The number of nitrogens with one attached hydrogen (secondary N) is 1. The first-order chi connectivity index (χ1) is 6.25. The van der Waals surface area contributed by atoms with Gasteiger partial charge in [0.15, 0.2) is 0 Å². The van der Waals surface area contributed by atoms with Crippen LogP contribution in [0.1, 0.15) is 27.7 Å². The first-order valence-electron chi connectivity index (χ1n) is 4.75. The van der Waals surface area contributed by atoms with Crippen LogP contribution in [0.4, 0.5) is 0 Å². The summed E-state index contributed by atoms with van der Waals surface area (Å²) >= 11 is 0. The first-order valence-corrected chi connectivity index (χ1v) is 4.75. The van der Waals surface area contributed by atoms with Gasteiger partial charge < -0.3 is 15.5 Å². The van der Waals surface area contributed by atoms with Crippen molar-refractivity contribution in [2.24, 2.45) is 10.8 Å². The molecule has 0 bridgehead atoms. The third-order valence-corrected chi connectivity index (χ3v) is 2.17. The molecule has 0 saturated heterocycles. The molecule has 0 rings (SSSR count). The second kappa shape index (κ2) is 4.75. The van der Waals surface area contributed by atoms with E-state index in [0.717, 1.165) is 0 Å². The maximum absolute atomic E-state index is 11.5. The Hall–Kier alpha value is -0.610. The Morgan fingerprint density at radius 3 is 2.00 bits per heavy atom. The van der Waals surface area contributed by atoms with Crippen LogP contribution in [0.3, 0.4) is 0 Å². The third kappa shape index (κ3) is 4.07. The van der Waals surface area contributed by atoms with Gasteiger partial charge in [0.25, 0.3) is 0 Å². The number of amides is 1. The van der Waals surface area contributed by atoms with Gasteiger partial charge in [-0.1, -0.05) is 13.8 Å². The van der Waals surface area contributed by atoms with Gasteiger partial charge in [-0.15, -0.1) is 0 Å². The van der Waals surface area contributed by atoms with Crippen molar-refractivity contribution >= 4 is 5.91 Å². The molecule has 0 aliphatic rings. The molecule has 0 heterocycles. The summed E-state index contributed by atoms with van der Waals surface area (Å²) in [6.07, 6.45) is 0. The van der Waals surface area contributed by atoms with Crippen molar-refractivity contribution < 1.29 is 15.0 Å². The molecule has 1 amide bonds. The molecule has 3 N–H and O–H groups in total. The van der Waals surface area contributed by atoms with Crippen molar-refractivity contribution in [3.05, 3.63) is 0 Å². The zero-order chi connectivity index (χ0) is 11.4. The minimum Gasteiger partial charge on any atom is -0.396 e. The maximum Gasteiger partial charge on any atom is 0.227 e. The zero-order valence-corrected chi connectivity index (χ0v) is 9.42. The SMILES string of the molecule is CC(C)(CO)CNC(=O)C(C)(C)CO. The Kier molecular flexibility index (Phi) is 4.55. The molecule has 4 nitrogen and oxygen atoms in total. The summed E-state index contributed by atoms with van der Waals surface area (Å²) in [6, 6.07) is 0. The van der Waals surface area contributed by atoms with Crippen LogP contribution in [0.25, 0.3) is 0 Å². The lowest BCUT2D eigenvalue weighted by molar-refractivity contribution is -0.131. The molecule has 0 spiro atoms. The van der Waals surface area contributed by atoms with Crippen LogP contribution in [0.2, 0.25) is 0 Å². The van der Waals surface area contributed by atoms with Gasteiger partial charge >= 0.3 is 0 Å². The van der Waals surface area contributed by atoms with Crippen LogP contribution in [0, 0.1) is 10.8 Å². The van der Waals surface area contributed by atoms with Crippen molar-refractivity contribution in [2.75, 3.05) is 19.8 Å². The van der Waals surface area contributed by atoms with Crippen LogP contribution < -0.4 is 5.32 Å². The smallest absolute Gasteiger partial charge is 0.227 e. The summed E-state index contributed by atoms with van der Waals surface area (Å²) in [5.74, 6) is -0.193. The highest BCUT2D eigenvalue weighted by Gasteiger charge is 2.28. The molecular formula is C10H21NO3. The molecular weight excluding hydrogens is 182 g/mol. The fraction of sp³-hybridized carbons (Fsp3) is 0.900. The molecule has 4 heteroatoms. The molecule has 0 aromatic heterocycles. The lowest BCUT2D eigenvalue weighted by atomic mass is 9.91. The molecule has 0 saturated carbocycles. The second-order valence-electron chi connectivity index (χ2n) is 5.05. The molecule has 0 atom stereocenters. The predicted molar refractivity (Wildman–Crippen MR) is 54.7 cm³/mol. The summed E-state index contributed by atoms with van der Waals surface area (Å²) in [5.41, 5.74) is -1.08. The van der Waals surface area contributed by atoms with Crippen LogP contribution in [-0.2, 0) is 4.79 Å². The number of aliphatic hydroxyl groups is 2. The van der Waals surface area contributed by atoms with Gasteiger partial charge in [0.1, 0.15) is 0 Å². The van der Waals surface area contributed by atoms with Gasteiger partial charge in [0.2, 0.25) is 5.91 Å². The normalized spacial score (nSPS) is 12.7. The largest absolute Gasteiger partial charge is 0.396 e. The number of aliphatic hydroxyl groups excluding tert-OH is 2. The van der Waals surface area contributed by atoms with Crippen molar-refractivity contribution in [2.45, 2.75) is 27.7 Å². The Balaban J connectivity index is 4.10. The van der Waals surface area contributed by atoms with E-state index < -0.39 is 5.41 Å². The zero-order valence-electron chi connectivity index (χ0n) is 9.42. The van der Waals surface area contributed by atoms with E-state index in [2.05, 4.69) is 5.32 Å². The second-order valence-corrected chi connectivity index (χ2v) is 5.05. The Labute approximate surface area is 85.3 Å². The van der Waals surface area contributed by atoms with Crippen molar-refractivity contribution in [3.8, 4) is 0 Å². The van der Waals surface area contributed by atoms with E-state index in [1.807, 2.05) is 13.8 Å². The maximum atomic E-state index is 11.5. The third-order valence-electron chi connectivity index (χ3n) is 2.17. The van der Waals surface area contributed by atoms with E-state index in [4.69, 9.17) is 10.2 Å². The molecule has 0 unspecified atom stereocenters. The minimum absolute atomic E-state index is 0.0207. The van der Waals surface area contributed by atoms with Gasteiger partial charge in [0, 0.05) is 18.6 Å². The molecule has 14 heavy (non-hydrogen) atoms. The van der Waals surface area contributed by atoms with E-state index >= 15 is 0 Å². The first kappa shape index (κ1) is 13.4. The van der Waals surface area contributed by atoms with E-state index in [1.54, 1.807) is 13.8 Å². The highest BCUT2D eigenvalue weighted by molar-refractivity contribution is 5.81. The molecule has 0 aliphatic heterocycles. The average Bonchev–Trinajstić information content (AvgIpc) is 2.14. The predicted octanol–water partition coefficient (Wildman–Crippen LogP) is 0.140. The van der Waals surface area contributed by atoms with E-state index in [-0.39, 0.29) is 24.5 Å². The van der Waals surface area contributed by atoms with Crippen LogP contribution in [0.15, 0.2) is 0 Å². The quantitative estimate of drug-likeness (QED) is 0.595. The van der Waals surface area contributed by atoms with Crippen molar-refractivity contribution in [3.63, 3.8) is 0 Å². The van der Waals surface area contributed by atoms with Crippen molar-refractivity contribution in [1.82, 2.24) is 5.32 Å². The fourth-order valence-corrected chi connectivity index (χ4v) is 0.687. The summed E-state index contributed by atoms with van der Waals surface area (Å²) in [7, 11) is 0. The lowest BCUT2D eigenvalue weighted by Crippen LogP contribution is -2.44. The molecule has 0 radical (unpaired) electrons. The van der Waals surface area contributed by atoms with Gasteiger partial charge in [-0.2, -0.15) is 0 Å². The van der Waals surface area contributed by atoms with Crippen molar-refractivity contribution in [1.29, 1.82) is 0 Å². The Bertz CT molecular complexity index is 200. The fourth-order valence-electron chi connectivity index (χ4n) is 0.687. The van der Waals surface area contributed by atoms with Crippen LogP contribution in [0.5, 0.6) is 0 Å². The molecule has 84 valence electrons. The lowest BCUT2D eigenvalue weighted by Gasteiger charge is -2.26. The number of carbonyl (C=O) groups is 1. The Morgan fingerprint density at radius 2 is 1.64 bits per heavy atom. The summed E-state index contributed by atoms with van der Waals surface area (Å²) in [5, 5.41) is 20.6. The highest BCUT2D eigenvalue weighted by Crippen LogP contribution is 2.16. The van der Waals surface area contributed by atoms with Crippen LogP contribution >= 0.6 is 0 Å².